The summed E-state index contributed by atoms with van der Waals surface area (Å²) in [7, 11) is 0. The van der Waals surface area contributed by atoms with Gasteiger partial charge in [0.1, 0.15) is 12.2 Å². The summed E-state index contributed by atoms with van der Waals surface area (Å²) >= 11 is 0. The maximum atomic E-state index is 12.9. The fourth-order valence-corrected chi connectivity index (χ4v) is 1.05. The molecular weight excluding hydrogens is 253 g/mol. The molecule has 0 saturated carbocycles. The summed E-state index contributed by atoms with van der Waals surface area (Å²) in [6.07, 6.45) is -4.82. The molecule has 0 amide bonds. The van der Waals surface area contributed by atoms with Gasteiger partial charge < -0.3 is 9.84 Å². The van der Waals surface area contributed by atoms with Gasteiger partial charge >= 0.3 is 12.3 Å². The predicted octanol–water partition coefficient (Wildman–Crippen LogP) is 2.29. The highest BCUT2D eigenvalue weighted by atomic mass is 19.4. The van der Waals surface area contributed by atoms with Crippen molar-refractivity contribution in [2.24, 2.45) is 0 Å². The molecule has 0 aliphatic heterocycles. The van der Waals surface area contributed by atoms with Crippen molar-refractivity contribution in [1.82, 2.24) is 4.98 Å². The van der Waals surface area contributed by atoms with Gasteiger partial charge in [0.2, 0.25) is 0 Å². The first-order chi connectivity index (χ1) is 7.76. The van der Waals surface area contributed by atoms with Gasteiger partial charge in [-0.2, -0.15) is 4.39 Å². The summed E-state index contributed by atoms with van der Waals surface area (Å²) in [5.41, 5.74) is -1.95. The molecule has 0 radical (unpaired) electrons. The number of nitrogens with zero attached hydrogens (tertiary/aromatic N) is 1. The first-order valence-corrected chi connectivity index (χ1v) is 3.98. The third-order valence-electron chi connectivity index (χ3n) is 1.64. The third-order valence-corrected chi connectivity index (χ3v) is 1.64. The number of aromatic carboxylic acids is 1. The predicted molar refractivity (Wildman–Crippen MR) is 42.6 cm³/mol. The van der Waals surface area contributed by atoms with E-state index in [1.54, 1.807) is 0 Å². The Balaban J connectivity index is 3.39. The molecule has 0 bridgehead atoms. The lowest BCUT2D eigenvalue weighted by molar-refractivity contribution is -0.275. The minimum Gasteiger partial charge on any atom is -0.478 e. The first-order valence-electron chi connectivity index (χ1n) is 3.98. The van der Waals surface area contributed by atoms with E-state index in [2.05, 4.69) is 9.72 Å². The molecule has 1 heterocycles. The zero-order valence-electron chi connectivity index (χ0n) is 7.89. The molecule has 0 aliphatic carbocycles. The van der Waals surface area contributed by atoms with Crippen molar-refractivity contribution in [3.63, 3.8) is 0 Å². The molecule has 0 fully saturated rings. The van der Waals surface area contributed by atoms with Gasteiger partial charge in [-0.15, -0.1) is 13.2 Å². The van der Waals surface area contributed by atoms with Crippen LogP contribution in [-0.2, 0) is 6.67 Å². The van der Waals surface area contributed by atoms with Crippen LogP contribution in [-0.4, -0.2) is 22.4 Å². The molecule has 0 spiro atoms. The normalized spacial score (nSPS) is 11.4. The van der Waals surface area contributed by atoms with Crippen LogP contribution >= 0.6 is 0 Å². The highest BCUT2D eigenvalue weighted by Crippen LogP contribution is 2.30. The molecule has 4 nitrogen and oxygen atoms in total. The smallest absolute Gasteiger partial charge is 0.478 e. The van der Waals surface area contributed by atoms with E-state index < -0.39 is 41.8 Å². The minimum absolute atomic E-state index is 0.488. The maximum Gasteiger partial charge on any atom is 0.573 e. The maximum absolute atomic E-state index is 12.9. The SMILES string of the molecule is O=C(O)c1c(CF)cnc(F)c1OC(F)(F)F. The van der Waals surface area contributed by atoms with Crippen molar-refractivity contribution < 1.29 is 36.6 Å². The summed E-state index contributed by atoms with van der Waals surface area (Å²) in [5.74, 6) is -5.38. The van der Waals surface area contributed by atoms with Crippen molar-refractivity contribution in [3.8, 4) is 5.75 Å². The molecule has 0 aromatic carbocycles. The van der Waals surface area contributed by atoms with Gasteiger partial charge in [0.05, 0.1) is 0 Å². The van der Waals surface area contributed by atoms with Crippen LogP contribution in [0, 0.1) is 5.95 Å². The second kappa shape index (κ2) is 4.52. The lowest BCUT2D eigenvalue weighted by atomic mass is 10.1. The Kier molecular flexibility index (Phi) is 3.49. The van der Waals surface area contributed by atoms with E-state index in [0.717, 1.165) is 0 Å². The Labute approximate surface area is 90.6 Å². The molecule has 0 aliphatic rings. The number of carboxylic acids is 1. The molecule has 94 valence electrons. The molecule has 1 aromatic rings. The Morgan fingerprint density at radius 1 is 1.47 bits per heavy atom. The molecule has 1 rings (SSSR count). The molecule has 1 N–H and O–H groups in total. The van der Waals surface area contributed by atoms with Crippen LogP contribution in [0.2, 0.25) is 0 Å². The zero-order chi connectivity index (χ0) is 13.2. The second-order valence-electron chi connectivity index (χ2n) is 2.76. The van der Waals surface area contributed by atoms with Crippen LogP contribution in [0.1, 0.15) is 15.9 Å². The highest BCUT2D eigenvalue weighted by Gasteiger charge is 2.36. The largest absolute Gasteiger partial charge is 0.573 e. The Bertz CT molecular complexity index is 446. The number of rotatable bonds is 3. The van der Waals surface area contributed by atoms with E-state index >= 15 is 0 Å². The van der Waals surface area contributed by atoms with E-state index in [0.29, 0.717) is 6.20 Å². The van der Waals surface area contributed by atoms with Crippen molar-refractivity contribution in [1.29, 1.82) is 0 Å². The van der Waals surface area contributed by atoms with Gasteiger partial charge in [0.15, 0.2) is 5.75 Å². The molecule has 17 heavy (non-hydrogen) atoms. The molecular formula is C8H4F5NO3. The summed E-state index contributed by atoms with van der Waals surface area (Å²) in [4.78, 5) is 13.4. The Hall–Kier alpha value is -1.93. The summed E-state index contributed by atoms with van der Waals surface area (Å²) in [5, 5.41) is 8.59. The highest BCUT2D eigenvalue weighted by molar-refractivity contribution is 5.92. The quantitative estimate of drug-likeness (QED) is 0.666. The zero-order valence-corrected chi connectivity index (χ0v) is 7.89. The number of hydrogen-bond acceptors (Lipinski definition) is 3. The number of hydrogen-bond donors (Lipinski definition) is 1. The van der Waals surface area contributed by atoms with Crippen molar-refractivity contribution in [2.45, 2.75) is 13.0 Å². The van der Waals surface area contributed by atoms with Crippen LogP contribution in [0.4, 0.5) is 22.0 Å². The van der Waals surface area contributed by atoms with Gasteiger partial charge in [0, 0.05) is 11.8 Å². The monoisotopic (exact) mass is 257 g/mol. The second-order valence-corrected chi connectivity index (χ2v) is 2.76. The van der Waals surface area contributed by atoms with Gasteiger partial charge in [0.25, 0.3) is 5.95 Å². The van der Waals surface area contributed by atoms with Crippen LogP contribution in [0.5, 0.6) is 5.75 Å². The van der Waals surface area contributed by atoms with E-state index in [4.69, 9.17) is 5.11 Å². The number of ether oxygens (including phenoxy) is 1. The van der Waals surface area contributed by atoms with Crippen LogP contribution in [0.3, 0.4) is 0 Å². The molecule has 0 unspecified atom stereocenters. The van der Waals surface area contributed by atoms with E-state index in [1.807, 2.05) is 0 Å². The lowest BCUT2D eigenvalue weighted by Crippen LogP contribution is -2.21. The number of carbonyl (C=O) groups is 1. The Morgan fingerprint density at radius 3 is 2.47 bits per heavy atom. The van der Waals surface area contributed by atoms with Gasteiger partial charge in [-0.05, 0) is 0 Å². The van der Waals surface area contributed by atoms with E-state index in [-0.39, 0.29) is 0 Å². The molecule has 9 heteroatoms. The number of aromatic nitrogens is 1. The lowest BCUT2D eigenvalue weighted by Gasteiger charge is -2.13. The van der Waals surface area contributed by atoms with Crippen molar-refractivity contribution in [3.05, 3.63) is 23.3 Å². The average molecular weight is 257 g/mol. The minimum atomic E-state index is -5.30. The topological polar surface area (TPSA) is 59.4 Å². The fourth-order valence-electron chi connectivity index (χ4n) is 1.05. The number of carboxylic acid groups (broad SMARTS) is 1. The molecule has 0 atom stereocenters. The van der Waals surface area contributed by atoms with Crippen molar-refractivity contribution >= 4 is 5.97 Å². The summed E-state index contributed by atoms with van der Waals surface area (Å²) < 4.78 is 64.1. The van der Waals surface area contributed by atoms with Crippen LogP contribution in [0.15, 0.2) is 6.20 Å². The number of halogens is 5. The van der Waals surface area contributed by atoms with Gasteiger partial charge in [-0.1, -0.05) is 0 Å². The van der Waals surface area contributed by atoms with Crippen LogP contribution < -0.4 is 4.74 Å². The van der Waals surface area contributed by atoms with E-state index in [1.165, 1.54) is 0 Å². The third kappa shape index (κ3) is 3.02. The van der Waals surface area contributed by atoms with E-state index in [9.17, 15) is 26.7 Å². The number of alkyl halides is 4. The first kappa shape index (κ1) is 13.1. The van der Waals surface area contributed by atoms with Gasteiger partial charge in [-0.3, -0.25) is 0 Å². The van der Waals surface area contributed by atoms with Crippen molar-refractivity contribution in [2.75, 3.05) is 0 Å². The van der Waals surface area contributed by atoms with Crippen LogP contribution in [0.25, 0.3) is 0 Å². The Morgan fingerprint density at radius 2 is 2.06 bits per heavy atom. The van der Waals surface area contributed by atoms with Gasteiger partial charge in [-0.25, -0.2) is 14.2 Å². The number of pyridine rings is 1. The summed E-state index contributed by atoms with van der Waals surface area (Å²) in [6.45, 7) is -1.41. The molecule has 0 saturated heterocycles. The molecule has 1 aromatic heterocycles. The standard InChI is InChI=1S/C8H4F5NO3/c9-1-3-2-14-6(10)5(4(3)7(15)16)17-8(11,12)13/h2H,1H2,(H,15,16). The average Bonchev–Trinajstić information content (AvgIpc) is 2.18. The summed E-state index contributed by atoms with van der Waals surface area (Å²) in [6, 6.07) is 0. The fraction of sp³-hybridized carbons (Fsp3) is 0.250.